The van der Waals surface area contributed by atoms with E-state index in [0.29, 0.717) is 31.4 Å². The summed E-state index contributed by atoms with van der Waals surface area (Å²) >= 11 is 0. The molecule has 0 aliphatic carbocycles. The number of amides is 1. The van der Waals surface area contributed by atoms with Crippen LogP contribution in [-0.4, -0.2) is 36.9 Å². The molecule has 26 heavy (non-hydrogen) atoms. The smallest absolute Gasteiger partial charge is 0.243 e. The monoisotopic (exact) mass is 349 g/mol. The zero-order valence-corrected chi connectivity index (χ0v) is 14.5. The van der Waals surface area contributed by atoms with Crippen molar-refractivity contribution in [3.8, 4) is 6.07 Å². The molecule has 0 aromatic carbocycles. The van der Waals surface area contributed by atoms with Gasteiger partial charge in [-0.2, -0.15) is 15.5 Å². The Kier molecular flexibility index (Phi) is 5.17. The second kappa shape index (κ2) is 7.70. The number of carbonyl (C=O) groups excluding carboxylic acids is 1. The third-order valence-electron chi connectivity index (χ3n) is 4.07. The summed E-state index contributed by atoms with van der Waals surface area (Å²) in [6, 6.07) is 1.83. The van der Waals surface area contributed by atoms with Crippen LogP contribution in [-0.2, 0) is 11.3 Å². The van der Waals surface area contributed by atoms with Gasteiger partial charge in [0.05, 0.1) is 35.9 Å². The lowest BCUT2D eigenvalue weighted by Crippen LogP contribution is -2.27. The fraction of sp³-hybridized carbons (Fsp3) is 0.333. The Hall–Kier alpha value is -3.34. The molecule has 0 radical (unpaired) electrons. The van der Waals surface area contributed by atoms with Gasteiger partial charge >= 0.3 is 0 Å². The number of carbonyl (C=O) groups is 1. The number of hydrazone groups is 1. The largest absolute Gasteiger partial charge is 0.273 e. The van der Waals surface area contributed by atoms with Gasteiger partial charge in [-0.15, -0.1) is 0 Å². The molecule has 0 spiro atoms. The van der Waals surface area contributed by atoms with Gasteiger partial charge < -0.3 is 0 Å². The summed E-state index contributed by atoms with van der Waals surface area (Å²) in [7, 11) is 0. The highest BCUT2D eigenvalue weighted by atomic mass is 16.2. The topological polar surface area (TPSA) is 100 Å². The van der Waals surface area contributed by atoms with Crippen molar-refractivity contribution in [3.63, 3.8) is 0 Å². The van der Waals surface area contributed by atoms with E-state index in [4.69, 9.17) is 5.26 Å². The molecule has 0 N–H and O–H groups in total. The maximum Gasteiger partial charge on any atom is 0.243 e. The van der Waals surface area contributed by atoms with Crippen LogP contribution in [0.2, 0.25) is 0 Å². The van der Waals surface area contributed by atoms with E-state index >= 15 is 0 Å². The van der Waals surface area contributed by atoms with Crippen LogP contribution >= 0.6 is 0 Å². The lowest BCUT2D eigenvalue weighted by Gasteiger charge is -2.21. The Bertz CT molecular complexity index is 876. The van der Waals surface area contributed by atoms with Gasteiger partial charge in [0.15, 0.2) is 0 Å². The summed E-state index contributed by atoms with van der Waals surface area (Å²) in [6.45, 7) is 6.34. The average Bonchev–Trinajstić information content (AvgIpc) is 3.29. The molecule has 8 nitrogen and oxygen atoms in total. The molecule has 132 valence electrons. The van der Waals surface area contributed by atoms with Crippen LogP contribution in [0, 0.1) is 18.3 Å². The molecule has 8 heteroatoms. The highest BCUT2D eigenvalue weighted by Crippen LogP contribution is 2.27. The van der Waals surface area contributed by atoms with Gasteiger partial charge in [-0.1, -0.05) is 12.2 Å². The molecule has 2 aromatic rings. The maximum atomic E-state index is 12.6. The Morgan fingerprint density at radius 3 is 2.88 bits per heavy atom. The van der Waals surface area contributed by atoms with Crippen LogP contribution < -0.4 is 0 Å². The van der Waals surface area contributed by atoms with Crippen molar-refractivity contribution in [1.29, 1.82) is 5.26 Å². The van der Waals surface area contributed by atoms with Crippen LogP contribution in [0.1, 0.15) is 42.3 Å². The summed E-state index contributed by atoms with van der Waals surface area (Å²) in [5.74, 6) is -0.0783. The highest BCUT2D eigenvalue weighted by Gasteiger charge is 2.29. The predicted octanol–water partition coefficient (Wildman–Crippen LogP) is 2.15. The molecule has 1 unspecified atom stereocenters. The van der Waals surface area contributed by atoms with Gasteiger partial charge in [0.2, 0.25) is 5.91 Å². The Balaban J connectivity index is 1.55. The molecule has 1 atom stereocenters. The minimum absolute atomic E-state index is 0.0783. The SMILES string of the molecule is C=C(CCC(=O)N1N=CCC1c1cnc(C)cn1)Cn1cc(C#N)cn1. The molecule has 0 fully saturated rings. The quantitative estimate of drug-likeness (QED) is 0.744. The van der Waals surface area contributed by atoms with Gasteiger partial charge in [0.25, 0.3) is 0 Å². The Morgan fingerprint density at radius 2 is 2.19 bits per heavy atom. The zero-order valence-electron chi connectivity index (χ0n) is 14.5. The second-order valence-corrected chi connectivity index (χ2v) is 6.16. The number of aryl methyl sites for hydroxylation is 1. The van der Waals surface area contributed by atoms with Crippen molar-refractivity contribution >= 4 is 12.1 Å². The Morgan fingerprint density at radius 1 is 1.35 bits per heavy atom. The standard InChI is InChI=1S/C18H19N7O/c1-13(11-24-12-15(7-19)9-23-24)3-4-18(26)25-17(5-6-22-25)16-10-20-14(2)8-21-16/h6,8-10,12,17H,1,3-5,11H2,2H3. The third-order valence-corrected chi connectivity index (χ3v) is 4.07. The van der Waals surface area contributed by atoms with Crippen LogP contribution in [0.15, 0.2) is 42.0 Å². The lowest BCUT2D eigenvalue weighted by molar-refractivity contribution is -0.133. The number of rotatable bonds is 6. The molecule has 0 bridgehead atoms. The van der Waals surface area contributed by atoms with Gasteiger partial charge in [0, 0.05) is 31.4 Å². The van der Waals surface area contributed by atoms with Crippen molar-refractivity contribution in [1.82, 2.24) is 24.8 Å². The molecule has 2 aromatic heterocycles. The molecule has 0 saturated carbocycles. The number of hydrogen-bond acceptors (Lipinski definition) is 6. The molecule has 3 rings (SSSR count). The zero-order chi connectivity index (χ0) is 18.5. The number of nitriles is 1. The van der Waals surface area contributed by atoms with Gasteiger partial charge in [-0.3, -0.25) is 19.4 Å². The number of nitrogens with zero attached hydrogens (tertiary/aromatic N) is 7. The van der Waals surface area contributed by atoms with Crippen molar-refractivity contribution in [3.05, 3.63) is 53.9 Å². The van der Waals surface area contributed by atoms with E-state index in [0.717, 1.165) is 17.0 Å². The summed E-state index contributed by atoms with van der Waals surface area (Å²) in [6.07, 6.45) is 9.74. The Labute approximate surface area is 151 Å². The first kappa shape index (κ1) is 17.5. The highest BCUT2D eigenvalue weighted by molar-refractivity contribution is 5.79. The number of aromatic nitrogens is 4. The van der Waals surface area contributed by atoms with Crippen LogP contribution in [0.3, 0.4) is 0 Å². The van der Waals surface area contributed by atoms with Crippen molar-refractivity contribution in [2.24, 2.45) is 5.10 Å². The van der Waals surface area contributed by atoms with Crippen molar-refractivity contribution < 1.29 is 4.79 Å². The molecule has 0 saturated heterocycles. The second-order valence-electron chi connectivity index (χ2n) is 6.16. The molecule has 1 amide bonds. The van der Waals surface area contributed by atoms with E-state index in [1.54, 1.807) is 29.5 Å². The first-order chi connectivity index (χ1) is 12.6. The molecule has 3 heterocycles. The van der Waals surface area contributed by atoms with Gasteiger partial charge in [-0.05, 0) is 13.3 Å². The van der Waals surface area contributed by atoms with Crippen molar-refractivity contribution in [2.75, 3.05) is 0 Å². The summed E-state index contributed by atoms with van der Waals surface area (Å²) < 4.78 is 1.64. The van der Waals surface area contributed by atoms with E-state index in [1.165, 1.54) is 11.2 Å². The predicted molar refractivity (Wildman–Crippen MR) is 94.8 cm³/mol. The first-order valence-electron chi connectivity index (χ1n) is 8.29. The summed E-state index contributed by atoms with van der Waals surface area (Å²) in [5, 5.41) is 18.6. The first-order valence-corrected chi connectivity index (χ1v) is 8.29. The average molecular weight is 349 g/mol. The van der Waals surface area contributed by atoms with Crippen molar-refractivity contribution in [2.45, 2.75) is 38.8 Å². The minimum Gasteiger partial charge on any atom is -0.273 e. The van der Waals surface area contributed by atoms with Crippen LogP contribution in [0.4, 0.5) is 0 Å². The third kappa shape index (κ3) is 4.00. The van der Waals surface area contributed by atoms with E-state index in [2.05, 4.69) is 26.7 Å². The van der Waals surface area contributed by atoms with Gasteiger partial charge in [-0.25, -0.2) is 5.01 Å². The van der Waals surface area contributed by atoms with Crippen LogP contribution in [0.5, 0.6) is 0 Å². The van der Waals surface area contributed by atoms with E-state index in [1.807, 2.05) is 13.0 Å². The maximum absolute atomic E-state index is 12.6. The van der Waals surface area contributed by atoms with E-state index in [9.17, 15) is 4.79 Å². The molecule has 1 aliphatic heterocycles. The molecule has 1 aliphatic rings. The lowest BCUT2D eigenvalue weighted by atomic mass is 10.1. The number of allylic oxidation sites excluding steroid dienone is 1. The normalized spacial score (nSPS) is 15.8. The van der Waals surface area contributed by atoms with E-state index < -0.39 is 0 Å². The summed E-state index contributed by atoms with van der Waals surface area (Å²) in [4.78, 5) is 21.2. The molecular weight excluding hydrogens is 330 g/mol. The summed E-state index contributed by atoms with van der Waals surface area (Å²) in [5.41, 5.74) is 2.93. The number of hydrogen-bond donors (Lipinski definition) is 0. The van der Waals surface area contributed by atoms with E-state index in [-0.39, 0.29) is 11.9 Å². The molecular formula is C18H19N7O. The fourth-order valence-corrected chi connectivity index (χ4v) is 2.69. The minimum atomic E-state index is -0.201. The van der Waals surface area contributed by atoms with Crippen LogP contribution in [0.25, 0.3) is 0 Å². The fourth-order valence-electron chi connectivity index (χ4n) is 2.69. The van der Waals surface area contributed by atoms with Gasteiger partial charge in [0.1, 0.15) is 12.1 Å².